The van der Waals surface area contributed by atoms with E-state index in [-0.39, 0.29) is 0 Å². The summed E-state index contributed by atoms with van der Waals surface area (Å²) in [6.45, 7) is 18.6. The van der Waals surface area contributed by atoms with Gasteiger partial charge in [-0.1, -0.05) is 0 Å². The van der Waals surface area contributed by atoms with Gasteiger partial charge in [0, 0.05) is 0 Å². The molecule has 2 aliphatic rings. The van der Waals surface area contributed by atoms with Crippen LogP contribution in [0, 0.1) is 11.8 Å². The molecule has 0 saturated heterocycles. The zero-order valence-corrected chi connectivity index (χ0v) is 16.9. The van der Waals surface area contributed by atoms with E-state index >= 15 is 0 Å². The smallest absolute Gasteiger partial charge is 0.418 e. The maximum absolute atomic E-state index is 9.75. The third-order valence-electron chi connectivity index (χ3n) is 5.35. The van der Waals surface area contributed by atoms with Crippen molar-refractivity contribution in [3.05, 3.63) is 42.3 Å². The Hall–Kier alpha value is -0.723. The molecular weight excluding hydrogens is 355 g/mol. The number of hydrogen-bond acceptors (Lipinski definition) is 0. The second-order valence-electron chi connectivity index (χ2n) is 6.63. The number of allylic oxidation sites excluding steroid dienone is 8. The van der Waals surface area contributed by atoms with Gasteiger partial charge in [0.1, 0.15) is 0 Å². The first-order chi connectivity index (χ1) is 10.8. The molecule has 0 aromatic heterocycles. The van der Waals surface area contributed by atoms with E-state index in [9.17, 15) is 17.3 Å². The van der Waals surface area contributed by atoms with Crippen LogP contribution in [0.4, 0.5) is 17.3 Å². The Morgan fingerprint density at radius 1 is 0.625 bits per heavy atom. The summed E-state index contributed by atoms with van der Waals surface area (Å²) in [6, 6.07) is 0. The summed E-state index contributed by atoms with van der Waals surface area (Å²) in [5.41, 5.74) is 9.38. The fourth-order valence-electron chi connectivity index (χ4n) is 3.10. The Labute approximate surface area is 149 Å². The van der Waals surface area contributed by atoms with Gasteiger partial charge in [0.05, 0.1) is 0 Å². The molecule has 0 nitrogen and oxygen atoms in total. The molecule has 0 saturated carbocycles. The average molecular weight is 381 g/mol. The summed E-state index contributed by atoms with van der Waals surface area (Å²) in [5.74, 6) is 1.32. The first-order valence-corrected chi connectivity index (χ1v) is 9.37. The standard InChI is InChI=1S/2C9H13.BF4.Cr/c2*1-6-5-7(2)9(4)8(6)3;2-1(3,4)5;/h2*6H,1-4H3;;/q;;-1;+1. The third-order valence-corrected chi connectivity index (χ3v) is 8.10. The van der Waals surface area contributed by atoms with Gasteiger partial charge >= 0.3 is 132 Å². The van der Waals surface area contributed by atoms with Gasteiger partial charge in [0.2, 0.25) is 0 Å². The first kappa shape index (κ1) is 21.3. The Kier molecular flexibility index (Phi) is 6.81. The predicted octanol–water partition coefficient (Wildman–Crippen LogP) is 6.89. The van der Waals surface area contributed by atoms with Crippen molar-refractivity contribution in [3.8, 4) is 0 Å². The van der Waals surface area contributed by atoms with Crippen molar-refractivity contribution < 1.29 is 32.5 Å². The fraction of sp³-hybridized carbons (Fsp3) is 0.556. The summed E-state index contributed by atoms with van der Waals surface area (Å²) in [4.78, 5) is 0. The van der Waals surface area contributed by atoms with Gasteiger partial charge in [0.15, 0.2) is 0 Å². The minimum absolute atomic E-state index is 0.519. The van der Waals surface area contributed by atoms with Gasteiger partial charge in [-0.05, 0) is 0 Å². The predicted molar refractivity (Wildman–Crippen MR) is 90.7 cm³/mol. The molecule has 0 bridgehead atoms. The van der Waals surface area contributed by atoms with Crippen LogP contribution in [0.1, 0.15) is 55.4 Å². The average Bonchev–Trinajstić information content (AvgIpc) is 2.75. The SMILES string of the molecule is CC1=C(C)C(C)[C]([Cr+][C]2=C(C)C(C)=C(C)C2C)=C1C.F[B-](F)(F)F. The molecule has 135 valence electrons. The van der Waals surface area contributed by atoms with Crippen LogP contribution >= 0.6 is 0 Å². The van der Waals surface area contributed by atoms with Crippen molar-refractivity contribution in [1.29, 1.82) is 0 Å². The molecule has 24 heavy (non-hydrogen) atoms. The van der Waals surface area contributed by atoms with E-state index in [1.165, 1.54) is 11.1 Å². The number of rotatable bonds is 2. The van der Waals surface area contributed by atoms with Gasteiger partial charge in [-0.25, -0.2) is 0 Å². The Morgan fingerprint density at radius 2 is 0.875 bits per heavy atom. The van der Waals surface area contributed by atoms with Gasteiger partial charge in [0.25, 0.3) is 0 Å². The van der Waals surface area contributed by atoms with E-state index in [4.69, 9.17) is 0 Å². The van der Waals surface area contributed by atoms with E-state index in [1.54, 1.807) is 31.2 Å². The van der Waals surface area contributed by atoms with Crippen molar-refractivity contribution in [3.63, 3.8) is 0 Å². The zero-order chi connectivity index (χ0) is 19.0. The molecule has 2 aliphatic carbocycles. The number of hydrogen-bond donors (Lipinski definition) is 0. The van der Waals surface area contributed by atoms with Crippen LogP contribution in [-0.2, 0) is 15.2 Å². The van der Waals surface area contributed by atoms with E-state index in [0.29, 0.717) is 27.1 Å². The molecule has 0 radical (unpaired) electrons. The van der Waals surface area contributed by atoms with Crippen LogP contribution < -0.4 is 0 Å². The minimum Gasteiger partial charge on any atom is -0.418 e. The molecule has 2 unspecified atom stereocenters. The van der Waals surface area contributed by atoms with Crippen LogP contribution in [0.25, 0.3) is 0 Å². The van der Waals surface area contributed by atoms with Gasteiger partial charge in [-0.15, -0.1) is 0 Å². The Balaban J connectivity index is 0.000000505. The monoisotopic (exact) mass is 381 g/mol. The molecule has 0 N–H and O–H groups in total. The van der Waals surface area contributed by atoms with E-state index in [2.05, 4.69) is 55.4 Å². The molecule has 2 atom stereocenters. The van der Waals surface area contributed by atoms with Gasteiger partial charge in [-0.2, -0.15) is 0 Å². The largest absolute Gasteiger partial charge is 0.673 e. The molecule has 0 heterocycles. The van der Waals surface area contributed by atoms with Gasteiger partial charge in [-0.3, -0.25) is 0 Å². The topological polar surface area (TPSA) is 0 Å². The second-order valence-corrected chi connectivity index (χ2v) is 8.33. The van der Waals surface area contributed by atoms with Gasteiger partial charge < -0.3 is 17.3 Å². The fourth-order valence-corrected chi connectivity index (χ4v) is 5.53. The van der Waals surface area contributed by atoms with Crippen LogP contribution in [0.15, 0.2) is 42.3 Å². The first-order valence-electron chi connectivity index (χ1n) is 8.09. The zero-order valence-electron chi connectivity index (χ0n) is 15.7. The summed E-state index contributed by atoms with van der Waals surface area (Å²) < 4.78 is 42.4. The molecule has 0 aliphatic heterocycles. The van der Waals surface area contributed by atoms with Crippen LogP contribution in [0.2, 0.25) is 0 Å². The maximum Gasteiger partial charge on any atom is 0.673 e. The molecular formula is C18H26BCrF4. The summed E-state index contributed by atoms with van der Waals surface area (Å²) in [5, 5.41) is 0. The van der Waals surface area contributed by atoms with Crippen molar-refractivity contribution >= 4 is 7.25 Å². The van der Waals surface area contributed by atoms with Crippen molar-refractivity contribution in [1.82, 2.24) is 0 Å². The van der Waals surface area contributed by atoms with Crippen molar-refractivity contribution in [2.45, 2.75) is 55.4 Å². The normalized spacial score (nSPS) is 24.8. The van der Waals surface area contributed by atoms with E-state index in [1.807, 2.05) is 0 Å². The van der Waals surface area contributed by atoms with Crippen LogP contribution in [0.5, 0.6) is 0 Å². The van der Waals surface area contributed by atoms with Crippen molar-refractivity contribution in [2.75, 3.05) is 0 Å². The molecule has 0 aromatic rings. The summed E-state index contributed by atoms with van der Waals surface area (Å²) in [6.07, 6.45) is 0. The number of halogens is 4. The third kappa shape index (κ3) is 4.67. The second kappa shape index (κ2) is 7.66. The Bertz CT molecular complexity index is 594. The minimum atomic E-state index is -6.00. The summed E-state index contributed by atoms with van der Waals surface area (Å²) >= 11 is 0.519. The van der Waals surface area contributed by atoms with E-state index < -0.39 is 7.25 Å². The molecule has 0 spiro atoms. The molecule has 0 amide bonds. The quantitative estimate of drug-likeness (QED) is 0.361. The molecule has 6 heteroatoms. The Morgan fingerprint density at radius 3 is 1.04 bits per heavy atom. The summed E-state index contributed by atoms with van der Waals surface area (Å²) in [7, 11) is -6.00. The van der Waals surface area contributed by atoms with E-state index in [0.717, 1.165) is 0 Å². The molecule has 0 aromatic carbocycles. The van der Waals surface area contributed by atoms with Crippen LogP contribution in [0.3, 0.4) is 0 Å². The van der Waals surface area contributed by atoms with Crippen LogP contribution in [-0.4, -0.2) is 7.25 Å². The molecule has 0 fully saturated rings. The van der Waals surface area contributed by atoms with Crippen molar-refractivity contribution in [2.24, 2.45) is 11.8 Å². The maximum atomic E-state index is 9.75. The molecule has 2 rings (SSSR count).